The Morgan fingerprint density at radius 2 is 1.60 bits per heavy atom. The zero-order valence-corrected chi connectivity index (χ0v) is 16.8. The largest absolute Gasteiger partial charge is 0.352 e. The van der Waals surface area contributed by atoms with E-state index in [0.29, 0.717) is 16.8 Å². The van der Waals surface area contributed by atoms with Crippen LogP contribution < -0.4 is 5.32 Å². The highest BCUT2D eigenvalue weighted by atomic mass is 32.2. The van der Waals surface area contributed by atoms with Gasteiger partial charge in [-0.25, -0.2) is 4.39 Å². The zero-order valence-electron chi connectivity index (χ0n) is 16.0. The zero-order chi connectivity index (χ0) is 21.3. The summed E-state index contributed by atoms with van der Waals surface area (Å²) in [5.74, 6) is -0.801. The Bertz CT molecular complexity index is 1310. The summed E-state index contributed by atoms with van der Waals surface area (Å²) in [6.07, 6.45) is 1.42. The van der Waals surface area contributed by atoms with E-state index in [2.05, 4.69) is 9.71 Å². The smallest absolute Gasteiger partial charge is 0.282 e. The first-order valence-electron chi connectivity index (χ1n) is 9.13. The van der Waals surface area contributed by atoms with E-state index in [0.717, 1.165) is 29.8 Å². The lowest BCUT2D eigenvalue weighted by Gasteiger charge is -2.19. The van der Waals surface area contributed by atoms with Gasteiger partial charge in [0.25, 0.3) is 10.0 Å². The van der Waals surface area contributed by atoms with Crippen molar-refractivity contribution in [2.45, 2.75) is 11.8 Å². The van der Waals surface area contributed by atoms with E-state index in [1.54, 1.807) is 24.3 Å². The van der Waals surface area contributed by atoms with E-state index in [9.17, 15) is 17.6 Å². The molecule has 0 bridgehead atoms. The third-order valence-electron chi connectivity index (χ3n) is 4.60. The number of nitrogens with one attached hydrogen (secondary N) is 1. The van der Waals surface area contributed by atoms with Gasteiger partial charge in [0.1, 0.15) is 5.82 Å². The van der Waals surface area contributed by atoms with E-state index in [1.807, 2.05) is 31.2 Å². The van der Waals surface area contributed by atoms with Crippen LogP contribution in [0, 0.1) is 12.7 Å². The number of carbonyl (C=O) groups excluding carboxylic acids is 1. The number of fused-ring (bicyclic) bond motifs is 1. The molecule has 0 aliphatic heterocycles. The van der Waals surface area contributed by atoms with Crippen LogP contribution in [0.2, 0.25) is 0 Å². The molecule has 0 spiro atoms. The number of carbonyl (C=O) groups is 1. The first-order valence-corrected chi connectivity index (χ1v) is 10.6. The van der Waals surface area contributed by atoms with Crippen LogP contribution in [0.1, 0.15) is 21.5 Å². The van der Waals surface area contributed by atoms with Crippen LogP contribution in [0.4, 0.5) is 10.1 Å². The highest BCUT2D eigenvalue weighted by Crippen LogP contribution is 2.25. The average molecular weight is 420 g/mol. The number of sulfonamides is 1. The monoisotopic (exact) mass is 420 g/mol. The highest BCUT2D eigenvalue weighted by Gasteiger charge is 2.26. The third kappa shape index (κ3) is 3.92. The number of nitrogens with zero attached hydrogens (tertiary/aromatic N) is 1. The Balaban J connectivity index is 1.81. The summed E-state index contributed by atoms with van der Waals surface area (Å²) < 4.78 is 42.7. The number of halogens is 1. The molecule has 1 N–H and O–H groups in total. The molecule has 0 amide bonds. The van der Waals surface area contributed by atoms with Crippen LogP contribution in [-0.4, -0.2) is 19.9 Å². The van der Waals surface area contributed by atoms with Gasteiger partial charge in [-0.05, 0) is 55.0 Å². The number of rotatable bonds is 4. The van der Waals surface area contributed by atoms with Crippen molar-refractivity contribution in [1.29, 1.82) is 0 Å². The molecular weight excluding hydrogens is 403 g/mol. The van der Waals surface area contributed by atoms with Crippen LogP contribution in [0.5, 0.6) is 0 Å². The summed E-state index contributed by atoms with van der Waals surface area (Å²) in [5.41, 5.74) is 2.83. The molecule has 3 aromatic rings. The van der Waals surface area contributed by atoms with Crippen molar-refractivity contribution < 1.29 is 17.6 Å². The summed E-state index contributed by atoms with van der Waals surface area (Å²) in [6.45, 7) is 1.93. The molecular formula is C23H17FN2O3S. The summed E-state index contributed by atoms with van der Waals surface area (Å²) in [7, 11) is -4.10. The van der Waals surface area contributed by atoms with E-state index < -0.39 is 15.8 Å². The lowest BCUT2D eigenvalue weighted by atomic mass is 9.92. The molecule has 150 valence electrons. The molecule has 1 aliphatic rings. The molecule has 1 aliphatic carbocycles. The normalized spacial score (nSPS) is 14.9. The molecule has 0 fully saturated rings. The summed E-state index contributed by atoms with van der Waals surface area (Å²) in [4.78, 5) is 12.8. The van der Waals surface area contributed by atoms with E-state index in [4.69, 9.17) is 0 Å². The number of hydrogen-bond donors (Lipinski definition) is 1. The lowest BCUT2D eigenvalue weighted by Crippen LogP contribution is -2.22. The maximum atomic E-state index is 13.2. The fourth-order valence-corrected chi connectivity index (χ4v) is 4.16. The van der Waals surface area contributed by atoms with Gasteiger partial charge in [-0.1, -0.05) is 36.4 Å². The van der Waals surface area contributed by atoms with Crippen molar-refractivity contribution in [1.82, 2.24) is 0 Å². The van der Waals surface area contributed by atoms with E-state index in [1.165, 1.54) is 6.08 Å². The quantitative estimate of drug-likeness (QED) is 0.674. The maximum Gasteiger partial charge on any atom is 0.282 e. The van der Waals surface area contributed by atoms with Gasteiger partial charge in [-0.15, -0.1) is 0 Å². The average Bonchev–Trinajstić information content (AvgIpc) is 2.72. The van der Waals surface area contributed by atoms with Gasteiger partial charge < -0.3 is 5.32 Å². The lowest BCUT2D eigenvalue weighted by molar-refractivity contribution is 0.103. The Morgan fingerprint density at radius 3 is 2.30 bits per heavy atom. The molecule has 3 aromatic carbocycles. The molecule has 30 heavy (non-hydrogen) atoms. The van der Waals surface area contributed by atoms with Gasteiger partial charge in [0.05, 0.1) is 16.3 Å². The van der Waals surface area contributed by atoms with Gasteiger partial charge in [-0.2, -0.15) is 12.8 Å². The molecule has 0 aromatic heterocycles. The van der Waals surface area contributed by atoms with Gasteiger partial charge in [0, 0.05) is 16.8 Å². The first kappa shape index (κ1) is 19.7. The number of hydrogen-bond acceptors (Lipinski definition) is 4. The second kappa shape index (κ2) is 7.68. The van der Waals surface area contributed by atoms with Crippen LogP contribution >= 0.6 is 0 Å². The molecule has 0 heterocycles. The molecule has 0 saturated carbocycles. The molecule has 7 heteroatoms. The van der Waals surface area contributed by atoms with Crippen molar-refractivity contribution in [2.24, 2.45) is 4.40 Å². The molecule has 0 atom stereocenters. The van der Waals surface area contributed by atoms with Crippen LogP contribution in [0.15, 0.2) is 93.9 Å². The summed E-state index contributed by atoms with van der Waals surface area (Å²) in [5, 5.41) is 3.06. The fourth-order valence-electron chi connectivity index (χ4n) is 3.17. The minimum atomic E-state index is -4.10. The molecule has 0 saturated heterocycles. The predicted octanol–water partition coefficient (Wildman–Crippen LogP) is 4.50. The SMILES string of the molecule is Cc1cccc(NC2=CC(=NS(=O)(=O)c3ccc(F)cc3)c3ccccc3C2=O)c1. The minimum absolute atomic E-state index is 0.129. The van der Waals surface area contributed by atoms with Crippen molar-refractivity contribution in [3.8, 4) is 0 Å². The second-order valence-corrected chi connectivity index (χ2v) is 8.44. The number of benzene rings is 3. The third-order valence-corrected chi connectivity index (χ3v) is 5.91. The van der Waals surface area contributed by atoms with Crippen LogP contribution in [0.25, 0.3) is 0 Å². The van der Waals surface area contributed by atoms with Crippen LogP contribution in [0.3, 0.4) is 0 Å². The van der Waals surface area contributed by atoms with Crippen molar-refractivity contribution >= 4 is 27.2 Å². The molecule has 4 rings (SSSR count). The standard InChI is InChI=1S/C23H17FN2O3S/c1-15-5-4-6-17(13-15)25-22-14-21(19-7-2-3-8-20(19)23(22)27)26-30(28,29)18-11-9-16(24)10-12-18/h2-14,25H,1H3. The van der Waals surface area contributed by atoms with E-state index in [-0.39, 0.29) is 22.1 Å². The highest BCUT2D eigenvalue weighted by molar-refractivity contribution is 7.90. The number of allylic oxidation sites excluding steroid dienone is 2. The van der Waals surface area contributed by atoms with Gasteiger partial charge in [-0.3, -0.25) is 4.79 Å². The van der Waals surface area contributed by atoms with Crippen molar-refractivity contribution in [2.75, 3.05) is 5.32 Å². The van der Waals surface area contributed by atoms with Crippen molar-refractivity contribution in [3.63, 3.8) is 0 Å². The Hall–Kier alpha value is -3.58. The van der Waals surface area contributed by atoms with E-state index >= 15 is 0 Å². The number of aryl methyl sites for hydroxylation is 1. The Kier molecular flexibility index (Phi) is 5.05. The number of ketones is 1. The molecule has 5 nitrogen and oxygen atoms in total. The van der Waals surface area contributed by atoms with Gasteiger partial charge in [0.15, 0.2) is 0 Å². The maximum absolute atomic E-state index is 13.2. The Labute approximate surface area is 173 Å². The summed E-state index contributed by atoms with van der Waals surface area (Å²) in [6, 6.07) is 18.6. The Morgan fingerprint density at radius 1 is 0.900 bits per heavy atom. The fraction of sp³-hybridized carbons (Fsp3) is 0.0435. The van der Waals surface area contributed by atoms with Crippen molar-refractivity contribution in [3.05, 3.63) is 107 Å². The number of Topliss-reactive ketones (excluding diaryl/α,β-unsaturated/α-hetero) is 1. The van der Waals surface area contributed by atoms with Crippen LogP contribution in [-0.2, 0) is 10.0 Å². The van der Waals surface area contributed by atoms with Gasteiger partial charge in [0.2, 0.25) is 5.78 Å². The molecule has 0 radical (unpaired) electrons. The first-order chi connectivity index (χ1) is 14.3. The minimum Gasteiger partial charge on any atom is -0.352 e. The molecule has 0 unspecified atom stereocenters. The number of anilines is 1. The van der Waals surface area contributed by atoms with Gasteiger partial charge >= 0.3 is 0 Å². The topological polar surface area (TPSA) is 75.6 Å². The second-order valence-electron chi connectivity index (χ2n) is 6.83. The summed E-state index contributed by atoms with van der Waals surface area (Å²) >= 11 is 0. The predicted molar refractivity (Wildman–Crippen MR) is 114 cm³/mol.